The molecular weight excluding hydrogens is 194 g/mol. The first-order valence-corrected chi connectivity index (χ1v) is 6.22. The van der Waals surface area contributed by atoms with Gasteiger partial charge >= 0.3 is 0 Å². The number of aliphatic hydroxyl groups excluding tert-OH is 1. The van der Waals surface area contributed by atoms with Gasteiger partial charge in [0.05, 0.1) is 16.8 Å². The Bertz CT molecular complexity index is 339. The van der Waals surface area contributed by atoms with Crippen LogP contribution in [0.1, 0.15) is 36.1 Å². The van der Waals surface area contributed by atoms with Crippen LogP contribution in [0.4, 0.5) is 0 Å². The Morgan fingerprint density at radius 3 is 2.71 bits per heavy atom. The summed E-state index contributed by atoms with van der Waals surface area (Å²) in [6.45, 7) is 1.99. The van der Waals surface area contributed by atoms with Crippen molar-refractivity contribution in [2.45, 2.75) is 32.3 Å². The molecule has 2 nitrogen and oxygen atoms in total. The van der Waals surface area contributed by atoms with Crippen molar-refractivity contribution >= 4 is 11.3 Å². The number of aliphatic hydroxyl groups is 1. The third-order valence-electron chi connectivity index (χ3n) is 3.67. The van der Waals surface area contributed by atoms with E-state index in [1.807, 2.05) is 12.3 Å². The number of hydrogen-bond donors (Lipinski definition) is 1. The van der Waals surface area contributed by atoms with Gasteiger partial charge in [-0.1, -0.05) is 0 Å². The van der Waals surface area contributed by atoms with E-state index in [0.717, 1.165) is 22.5 Å². The van der Waals surface area contributed by atoms with E-state index in [0.29, 0.717) is 5.92 Å². The molecular formula is C11H15NOS. The van der Waals surface area contributed by atoms with E-state index in [9.17, 15) is 5.11 Å². The Hall–Kier alpha value is -0.410. The van der Waals surface area contributed by atoms with Gasteiger partial charge < -0.3 is 5.11 Å². The number of nitrogens with zero attached hydrogens (tertiary/aromatic N) is 1. The third kappa shape index (κ3) is 1.39. The minimum Gasteiger partial charge on any atom is -0.386 e. The highest BCUT2D eigenvalue weighted by Gasteiger charge is 2.48. The lowest BCUT2D eigenvalue weighted by molar-refractivity contribution is 0.101. The van der Waals surface area contributed by atoms with Gasteiger partial charge in [-0.2, -0.15) is 0 Å². The maximum atomic E-state index is 10.1. The van der Waals surface area contributed by atoms with E-state index in [-0.39, 0.29) is 6.10 Å². The average molecular weight is 209 g/mol. The van der Waals surface area contributed by atoms with E-state index < -0.39 is 0 Å². The fourth-order valence-electron chi connectivity index (χ4n) is 2.78. The van der Waals surface area contributed by atoms with Crippen molar-refractivity contribution in [1.29, 1.82) is 0 Å². The van der Waals surface area contributed by atoms with Crippen molar-refractivity contribution in [2.75, 3.05) is 0 Å². The van der Waals surface area contributed by atoms with Crippen LogP contribution in [-0.4, -0.2) is 10.1 Å². The van der Waals surface area contributed by atoms with Crippen LogP contribution in [0.25, 0.3) is 0 Å². The number of aromatic nitrogens is 1. The fraction of sp³-hybridized carbons (Fsp3) is 0.727. The Balaban J connectivity index is 1.72. The smallest absolute Gasteiger partial charge is 0.0996 e. The van der Waals surface area contributed by atoms with Crippen LogP contribution in [0.3, 0.4) is 0 Å². The highest BCUT2D eigenvalue weighted by Crippen LogP contribution is 2.57. The molecule has 76 valence electrons. The number of rotatable bonds is 2. The van der Waals surface area contributed by atoms with Gasteiger partial charge in [0.1, 0.15) is 0 Å². The Kier molecular flexibility index (Phi) is 1.92. The number of aryl methyl sites for hydroxylation is 1. The average Bonchev–Trinajstić information content (AvgIpc) is 2.64. The Morgan fingerprint density at radius 1 is 1.43 bits per heavy atom. The van der Waals surface area contributed by atoms with Gasteiger partial charge in [0.15, 0.2) is 0 Å². The highest BCUT2D eigenvalue weighted by atomic mass is 32.1. The molecule has 3 unspecified atom stereocenters. The van der Waals surface area contributed by atoms with Gasteiger partial charge in [0, 0.05) is 5.38 Å². The lowest BCUT2D eigenvalue weighted by Crippen LogP contribution is -2.11. The van der Waals surface area contributed by atoms with Crippen LogP contribution in [0.5, 0.6) is 0 Å². The van der Waals surface area contributed by atoms with Gasteiger partial charge in [0.25, 0.3) is 0 Å². The molecule has 0 bridgehead atoms. The van der Waals surface area contributed by atoms with E-state index in [1.54, 1.807) is 11.3 Å². The summed E-state index contributed by atoms with van der Waals surface area (Å²) >= 11 is 1.63. The second kappa shape index (κ2) is 3.04. The Labute approximate surface area is 88.0 Å². The van der Waals surface area contributed by atoms with Crippen molar-refractivity contribution in [3.8, 4) is 0 Å². The first-order valence-electron chi connectivity index (χ1n) is 5.34. The van der Waals surface area contributed by atoms with Gasteiger partial charge in [-0.25, -0.2) is 4.98 Å². The summed E-state index contributed by atoms with van der Waals surface area (Å²) in [5.41, 5.74) is 0.902. The van der Waals surface area contributed by atoms with E-state index >= 15 is 0 Å². The van der Waals surface area contributed by atoms with E-state index in [4.69, 9.17) is 0 Å². The van der Waals surface area contributed by atoms with Crippen molar-refractivity contribution in [3.63, 3.8) is 0 Å². The maximum absolute atomic E-state index is 10.1. The Morgan fingerprint density at radius 2 is 2.14 bits per heavy atom. The summed E-state index contributed by atoms with van der Waals surface area (Å²) in [5.74, 6) is 2.36. The van der Waals surface area contributed by atoms with Crippen molar-refractivity contribution < 1.29 is 5.11 Å². The maximum Gasteiger partial charge on any atom is 0.0996 e. The topological polar surface area (TPSA) is 33.1 Å². The minimum absolute atomic E-state index is 0.298. The number of hydrogen-bond acceptors (Lipinski definition) is 3. The predicted octanol–water partition coefficient (Wildman–Crippen LogP) is 2.53. The van der Waals surface area contributed by atoms with E-state index in [1.165, 1.54) is 19.3 Å². The van der Waals surface area contributed by atoms with Gasteiger partial charge in [-0.05, 0) is 43.9 Å². The summed E-state index contributed by atoms with van der Waals surface area (Å²) in [6, 6.07) is 0. The molecule has 0 aromatic carbocycles. The quantitative estimate of drug-likeness (QED) is 0.812. The first kappa shape index (κ1) is 8.86. The normalized spacial score (nSPS) is 36.9. The zero-order valence-corrected chi connectivity index (χ0v) is 9.13. The van der Waals surface area contributed by atoms with Gasteiger partial charge in [0.2, 0.25) is 0 Å². The van der Waals surface area contributed by atoms with Crippen molar-refractivity contribution in [1.82, 2.24) is 4.98 Å². The third-order valence-corrected chi connectivity index (χ3v) is 4.46. The van der Waals surface area contributed by atoms with Crippen molar-refractivity contribution in [3.05, 3.63) is 16.1 Å². The fourth-order valence-corrected chi connectivity index (χ4v) is 3.42. The molecule has 3 heteroatoms. The molecule has 1 heterocycles. The standard InChI is InChI=1S/C11H15NOS/c1-6-12-10(5-14-6)11(13)9-3-7-2-8(7)4-9/h5,7-9,11,13H,2-4H2,1H3. The van der Waals surface area contributed by atoms with Gasteiger partial charge in [-0.15, -0.1) is 11.3 Å². The molecule has 1 aromatic rings. The molecule has 2 saturated carbocycles. The zero-order chi connectivity index (χ0) is 9.71. The molecule has 2 aliphatic rings. The summed E-state index contributed by atoms with van der Waals surface area (Å²) in [5, 5.41) is 13.2. The summed E-state index contributed by atoms with van der Waals surface area (Å²) in [6.07, 6.45) is 3.57. The number of fused-ring (bicyclic) bond motifs is 1. The monoisotopic (exact) mass is 209 g/mol. The molecule has 3 atom stereocenters. The van der Waals surface area contributed by atoms with Crippen LogP contribution in [-0.2, 0) is 0 Å². The van der Waals surface area contributed by atoms with Crippen molar-refractivity contribution in [2.24, 2.45) is 17.8 Å². The molecule has 1 N–H and O–H groups in total. The molecule has 0 amide bonds. The SMILES string of the molecule is Cc1nc(C(O)C2CC3CC3C2)cs1. The largest absolute Gasteiger partial charge is 0.386 e. The molecule has 0 radical (unpaired) electrons. The minimum atomic E-state index is -0.298. The molecule has 2 fully saturated rings. The second-order valence-corrected chi connectivity index (χ2v) is 5.79. The van der Waals surface area contributed by atoms with E-state index in [2.05, 4.69) is 4.98 Å². The van der Waals surface area contributed by atoms with Crippen LogP contribution in [0, 0.1) is 24.7 Å². The first-order chi connectivity index (χ1) is 6.74. The predicted molar refractivity (Wildman–Crippen MR) is 56.1 cm³/mol. The van der Waals surface area contributed by atoms with Crippen LogP contribution < -0.4 is 0 Å². The molecule has 1 aromatic heterocycles. The highest BCUT2D eigenvalue weighted by molar-refractivity contribution is 7.09. The van der Waals surface area contributed by atoms with Gasteiger partial charge in [-0.3, -0.25) is 0 Å². The molecule has 14 heavy (non-hydrogen) atoms. The zero-order valence-electron chi connectivity index (χ0n) is 8.31. The molecule has 0 spiro atoms. The molecule has 0 saturated heterocycles. The summed E-state index contributed by atoms with van der Waals surface area (Å²) in [7, 11) is 0. The molecule has 0 aliphatic heterocycles. The van der Waals surface area contributed by atoms with Crippen LogP contribution in [0.15, 0.2) is 5.38 Å². The summed E-state index contributed by atoms with van der Waals surface area (Å²) in [4.78, 5) is 4.36. The number of thiazole rings is 1. The lowest BCUT2D eigenvalue weighted by Gasteiger charge is -2.17. The molecule has 2 aliphatic carbocycles. The lowest BCUT2D eigenvalue weighted by atomic mass is 9.95. The van der Waals surface area contributed by atoms with Crippen LogP contribution >= 0.6 is 11.3 Å². The molecule has 3 rings (SSSR count). The van der Waals surface area contributed by atoms with Crippen LogP contribution in [0.2, 0.25) is 0 Å². The summed E-state index contributed by atoms with van der Waals surface area (Å²) < 4.78 is 0. The second-order valence-electron chi connectivity index (χ2n) is 4.72.